The molecule has 0 aliphatic rings. The van der Waals surface area contributed by atoms with E-state index in [-0.39, 0.29) is 22.4 Å². The lowest BCUT2D eigenvalue weighted by Crippen LogP contribution is -2.17. The van der Waals surface area contributed by atoms with E-state index in [9.17, 15) is 14.9 Å². The quantitative estimate of drug-likeness (QED) is 0.689. The van der Waals surface area contributed by atoms with Crippen LogP contribution in [-0.2, 0) is 9.47 Å². The highest BCUT2D eigenvalue weighted by atomic mass is 16.5. The summed E-state index contributed by atoms with van der Waals surface area (Å²) in [6.45, 7) is 0. The van der Waals surface area contributed by atoms with Crippen LogP contribution in [0.3, 0.4) is 0 Å². The number of methoxy groups -OCH3 is 2. The van der Waals surface area contributed by atoms with Gasteiger partial charge in [-0.2, -0.15) is 5.26 Å². The van der Waals surface area contributed by atoms with Crippen molar-refractivity contribution in [3.8, 4) is 17.2 Å². The third kappa shape index (κ3) is 2.85. The van der Waals surface area contributed by atoms with Crippen LogP contribution >= 0.6 is 0 Å². The van der Waals surface area contributed by atoms with Gasteiger partial charge in [-0.25, -0.2) is 9.59 Å². The summed E-state index contributed by atoms with van der Waals surface area (Å²) >= 11 is 0. The first-order valence-electron chi connectivity index (χ1n) is 6.63. The number of hydrogen-bond donors (Lipinski definition) is 1. The van der Waals surface area contributed by atoms with Gasteiger partial charge in [-0.3, -0.25) is 0 Å². The lowest BCUT2D eigenvalue weighted by Gasteiger charge is -2.15. The molecule has 6 nitrogen and oxygen atoms in total. The molecule has 0 bridgehead atoms. The number of nitriles is 1. The Morgan fingerprint density at radius 2 is 1.61 bits per heavy atom. The molecule has 0 atom stereocenters. The lowest BCUT2D eigenvalue weighted by molar-refractivity contribution is 0.0557. The summed E-state index contributed by atoms with van der Waals surface area (Å²) in [5.41, 5.74) is 6.68. The summed E-state index contributed by atoms with van der Waals surface area (Å²) in [5.74, 6) is -1.54. The molecule has 0 aromatic heterocycles. The van der Waals surface area contributed by atoms with Crippen molar-refractivity contribution in [2.75, 3.05) is 20.0 Å². The van der Waals surface area contributed by atoms with Crippen molar-refractivity contribution in [1.29, 1.82) is 5.26 Å². The first-order valence-corrected chi connectivity index (χ1v) is 6.63. The Hall–Kier alpha value is -3.33. The highest BCUT2D eigenvalue weighted by Crippen LogP contribution is 2.33. The summed E-state index contributed by atoms with van der Waals surface area (Å²) in [5, 5.41) is 9.26. The zero-order valence-corrected chi connectivity index (χ0v) is 12.6. The van der Waals surface area contributed by atoms with Crippen molar-refractivity contribution >= 4 is 17.6 Å². The summed E-state index contributed by atoms with van der Waals surface area (Å²) < 4.78 is 9.48. The van der Waals surface area contributed by atoms with E-state index >= 15 is 0 Å². The van der Waals surface area contributed by atoms with E-state index in [0.29, 0.717) is 11.1 Å². The molecule has 0 amide bonds. The van der Waals surface area contributed by atoms with Gasteiger partial charge in [0.1, 0.15) is 6.07 Å². The van der Waals surface area contributed by atoms with Crippen molar-refractivity contribution in [2.45, 2.75) is 0 Å². The van der Waals surface area contributed by atoms with Gasteiger partial charge in [-0.1, -0.05) is 30.3 Å². The number of carbonyl (C=O) groups excluding carboxylic acids is 2. The number of nitrogens with zero attached hydrogens (tertiary/aromatic N) is 1. The molecular weight excluding hydrogens is 296 g/mol. The Morgan fingerprint density at radius 1 is 1.04 bits per heavy atom. The second-order valence-corrected chi connectivity index (χ2v) is 4.60. The molecule has 2 aromatic carbocycles. The van der Waals surface area contributed by atoms with Crippen LogP contribution in [0, 0.1) is 11.3 Å². The van der Waals surface area contributed by atoms with E-state index in [0.717, 1.165) is 0 Å². The van der Waals surface area contributed by atoms with Crippen LogP contribution in [0.2, 0.25) is 0 Å². The molecule has 0 spiro atoms. The lowest BCUT2D eigenvalue weighted by atomic mass is 9.91. The van der Waals surface area contributed by atoms with Crippen molar-refractivity contribution < 1.29 is 19.1 Å². The maximum Gasteiger partial charge on any atom is 0.340 e. The van der Waals surface area contributed by atoms with Gasteiger partial charge in [-0.15, -0.1) is 0 Å². The minimum atomic E-state index is -0.808. The smallest absolute Gasteiger partial charge is 0.340 e. The minimum absolute atomic E-state index is 0.0259. The van der Waals surface area contributed by atoms with E-state index in [1.165, 1.54) is 20.3 Å². The van der Waals surface area contributed by atoms with E-state index in [1.54, 1.807) is 24.3 Å². The largest absolute Gasteiger partial charge is 0.465 e. The zero-order valence-electron chi connectivity index (χ0n) is 12.6. The topological polar surface area (TPSA) is 102 Å². The molecular formula is C17H14N2O4. The first-order chi connectivity index (χ1) is 11.0. The zero-order chi connectivity index (χ0) is 17.0. The Morgan fingerprint density at radius 3 is 2.13 bits per heavy atom. The van der Waals surface area contributed by atoms with Crippen molar-refractivity contribution in [3.05, 3.63) is 53.1 Å². The molecule has 6 heteroatoms. The number of hydrogen-bond acceptors (Lipinski definition) is 6. The third-order valence-electron chi connectivity index (χ3n) is 3.35. The fraction of sp³-hybridized carbons (Fsp3) is 0.118. The molecule has 23 heavy (non-hydrogen) atoms. The van der Waals surface area contributed by atoms with Crippen molar-refractivity contribution in [3.63, 3.8) is 0 Å². The number of anilines is 1. The molecule has 116 valence electrons. The fourth-order valence-electron chi connectivity index (χ4n) is 2.26. The molecule has 2 N–H and O–H groups in total. The molecule has 2 rings (SSSR count). The Labute approximate surface area is 133 Å². The van der Waals surface area contributed by atoms with Gasteiger partial charge in [0.25, 0.3) is 0 Å². The number of ether oxygens (including phenoxy) is 2. The molecule has 0 aliphatic carbocycles. The highest BCUT2D eigenvalue weighted by molar-refractivity contribution is 6.11. The minimum Gasteiger partial charge on any atom is -0.465 e. The standard InChI is InChI=1S/C17H14N2O4/c1-22-16(20)13-12(10-6-4-3-5-7-10)8-11(9-18)15(19)14(13)17(21)23-2/h3-8H,19H2,1-2H3. The first kappa shape index (κ1) is 16.0. The second-order valence-electron chi connectivity index (χ2n) is 4.60. The van der Waals surface area contributed by atoms with Gasteiger partial charge < -0.3 is 15.2 Å². The highest BCUT2D eigenvalue weighted by Gasteiger charge is 2.28. The summed E-state index contributed by atoms with van der Waals surface area (Å²) in [7, 11) is 2.37. The van der Waals surface area contributed by atoms with Crippen LogP contribution in [0.25, 0.3) is 11.1 Å². The van der Waals surface area contributed by atoms with Gasteiger partial charge in [-0.05, 0) is 17.2 Å². The predicted molar refractivity (Wildman–Crippen MR) is 83.7 cm³/mol. The Balaban J connectivity index is 2.93. The van der Waals surface area contributed by atoms with Gasteiger partial charge >= 0.3 is 11.9 Å². The Bertz CT molecular complexity index is 808. The van der Waals surface area contributed by atoms with Crippen LogP contribution in [0.15, 0.2) is 36.4 Å². The second kappa shape index (κ2) is 6.62. The summed E-state index contributed by atoms with van der Waals surface area (Å²) in [6, 6.07) is 12.2. The van der Waals surface area contributed by atoms with Gasteiger partial charge in [0.05, 0.1) is 36.6 Å². The number of nitrogen functional groups attached to an aromatic ring is 1. The number of carbonyl (C=O) groups is 2. The average molecular weight is 310 g/mol. The average Bonchev–Trinajstić information content (AvgIpc) is 2.60. The maximum absolute atomic E-state index is 12.2. The molecule has 2 aromatic rings. The van der Waals surface area contributed by atoms with Crippen molar-refractivity contribution in [2.24, 2.45) is 0 Å². The number of esters is 2. The number of rotatable bonds is 3. The van der Waals surface area contributed by atoms with Crippen LogP contribution < -0.4 is 5.73 Å². The van der Waals surface area contributed by atoms with Crippen LogP contribution in [0.1, 0.15) is 26.3 Å². The van der Waals surface area contributed by atoms with Crippen LogP contribution in [0.5, 0.6) is 0 Å². The molecule has 0 aliphatic heterocycles. The number of benzene rings is 2. The van der Waals surface area contributed by atoms with E-state index < -0.39 is 11.9 Å². The molecule has 0 heterocycles. The van der Waals surface area contributed by atoms with Gasteiger partial charge in [0, 0.05) is 0 Å². The van der Waals surface area contributed by atoms with E-state index in [2.05, 4.69) is 0 Å². The SMILES string of the molecule is COC(=O)c1c(-c2ccccc2)cc(C#N)c(N)c1C(=O)OC. The van der Waals surface area contributed by atoms with Gasteiger partial charge in [0.2, 0.25) is 0 Å². The van der Waals surface area contributed by atoms with Crippen molar-refractivity contribution in [1.82, 2.24) is 0 Å². The number of nitrogens with two attached hydrogens (primary N) is 1. The molecule has 0 unspecified atom stereocenters. The summed E-state index contributed by atoms with van der Waals surface area (Å²) in [6.07, 6.45) is 0. The molecule has 0 saturated heterocycles. The Kier molecular flexibility index (Phi) is 4.62. The van der Waals surface area contributed by atoms with E-state index in [4.69, 9.17) is 15.2 Å². The van der Waals surface area contributed by atoms with Crippen LogP contribution in [0.4, 0.5) is 5.69 Å². The van der Waals surface area contributed by atoms with Crippen LogP contribution in [-0.4, -0.2) is 26.2 Å². The molecule has 0 fully saturated rings. The summed E-state index contributed by atoms with van der Waals surface area (Å²) in [4.78, 5) is 24.3. The maximum atomic E-state index is 12.2. The van der Waals surface area contributed by atoms with E-state index in [1.807, 2.05) is 12.1 Å². The third-order valence-corrected chi connectivity index (χ3v) is 3.35. The molecule has 0 radical (unpaired) electrons. The predicted octanol–water partition coefficient (Wildman–Crippen LogP) is 2.38. The van der Waals surface area contributed by atoms with Gasteiger partial charge in [0.15, 0.2) is 0 Å². The molecule has 0 saturated carbocycles. The monoisotopic (exact) mass is 310 g/mol. The fourth-order valence-corrected chi connectivity index (χ4v) is 2.26. The normalized spacial score (nSPS) is 9.78.